The molecule has 68 valence electrons. The number of hydrogen-bond donors (Lipinski definition) is 0. The average molecular weight is 185 g/mol. The summed E-state index contributed by atoms with van der Waals surface area (Å²) in [4.78, 5) is 11.4. The van der Waals surface area contributed by atoms with Crippen LogP contribution in [0.5, 0.6) is 0 Å². The predicted octanol–water partition coefficient (Wildman–Crippen LogP) is 2.13. The Hall–Kier alpha value is -0.570. The summed E-state index contributed by atoms with van der Waals surface area (Å²) < 4.78 is 2.22. The molecule has 0 atom stereocenters. The maximum absolute atomic E-state index is 11.4. The van der Waals surface area contributed by atoms with E-state index in [-0.39, 0.29) is 4.74 Å². The molecule has 0 aliphatic carbocycles. The van der Waals surface area contributed by atoms with Gasteiger partial charge >= 0.3 is 0 Å². The zero-order valence-corrected chi connectivity index (χ0v) is 8.86. The van der Waals surface area contributed by atoms with Gasteiger partial charge in [0.15, 0.2) is 0 Å². The van der Waals surface area contributed by atoms with Crippen LogP contribution in [0.25, 0.3) is 0 Å². The van der Waals surface area contributed by atoms with Crippen molar-refractivity contribution in [2.75, 3.05) is 0 Å². The zero-order valence-electron chi connectivity index (χ0n) is 8.05. The van der Waals surface area contributed by atoms with Gasteiger partial charge in [-0.05, 0) is 23.9 Å². The molecular weight excluding hydrogens is 170 g/mol. The Kier molecular flexibility index (Phi) is 2.73. The molecule has 0 radical (unpaired) electrons. The van der Waals surface area contributed by atoms with Crippen LogP contribution in [0.3, 0.4) is 0 Å². The maximum atomic E-state index is 11.4. The third kappa shape index (κ3) is 1.46. The van der Waals surface area contributed by atoms with Crippen LogP contribution in [-0.4, -0.2) is 3.96 Å². The molecule has 0 amide bonds. The molecule has 1 rings (SSSR count). The van der Waals surface area contributed by atoms with E-state index in [1.165, 1.54) is 17.2 Å². The highest BCUT2D eigenvalue weighted by Crippen LogP contribution is 2.19. The first-order valence-corrected chi connectivity index (χ1v) is 5.04. The largest absolute Gasteiger partial charge is 0.301 e. The fraction of sp³-hybridized carbons (Fsp3) is 0.667. The Morgan fingerprint density at radius 1 is 1.50 bits per heavy atom. The van der Waals surface area contributed by atoms with Gasteiger partial charge in [-0.3, -0.25) is 4.79 Å². The highest BCUT2D eigenvalue weighted by Gasteiger charge is 2.13. The molecule has 0 unspecified atom stereocenters. The van der Waals surface area contributed by atoms with Crippen LogP contribution < -0.4 is 4.74 Å². The van der Waals surface area contributed by atoms with Gasteiger partial charge in [0.25, 0.3) is 4.74 Å². The molecule has 12 heavy (non-hydrogen) atoms. The van der Waals surface area contributed by atoms with Gasteiger partial charge in [0, 0.05) is 18.3 Å². The van der Waals surface area contributed by atoms with Crippen molar-refractivity contribution < 1.29 is 0 Å². The molecule has 0 fully saturated rings. The van der Waals surface area contributed by atoms with Gasteiger partial charge in [-0.2, -0.15) is 0 Å². The van der Waals surface area contributed by atoms with Crippen molar-refractivity contribution in [1.29, 1.82) is 0 Å². The summed E-state index contributed by atoms with van der Waals surface area (Å²) in [6.45, 7) is 6.29. The molecule has 0 saturated heterocycles. The number of hydrogen-bond acceptors (Lipinski definition) is 2. The van der Waals surface area contributed by atoms with Crippen LogP contribution in [0, 0.1) is 0 Å². The second-order valence-electron chi connectivity index (χ2n) is 3.25. The standard InChI is InChI=1S/C9H15NOS/c1-5-7-8(6(2)3)10(4)12-9(7)11/h6H,5H2,1-4H3. The van der Waals surface area contributed by atoms with Gasteiger partial charge in [0.2, 0.25) is 0 Å². The zero-order chi connectivity index (χ0) is 9.30. The summed E-state index contributed by atoms with van der Waals surface area (Å²) in [6.07, 6.45) is 0.851. The fourth-order valence-corrected chi connectivity index (χ4v) is 2.59. The second-order valence-corrected chi connectivity index (χ2v) is 4.35. The lowest BCUT2D eigenvalue weighted by atomic mass is 10.0. The monoisotopic (exact) mass is 185 g/mol. The van der Waals surface area contributed by atoms with E-state index in [1.54, 1.807) is 0 Å². The molecule has 0 aromatic carbocycles. The van der Waals surface area contributed by atoms with Crippen molar-refractivity contribution in [2.45, 2.75) is 33.1 Å². The topological polar surface area (TPSA) is 22.0 Å². The molecule has 3 heteroatoms. The minimum Gasteiger partial charge on any atom is -0.301 e. The molecule has 0 N–H and O–H groups in total. The van der Waals surface area contributed by atoms with E-state index >= 15 is 0 Å². The van der Waals surface area contributed by atoms with E-state index < -0.39 is 0 Å². The first-order chi connectivity index (χ1) is 5.57. The second kappa shape index (κ2) is 3.44. The molecule has 0 saturated carbocycles. The molecule has 1 aromatic rings. The molecule has 0 bridgehead atoms. The third-order valence-corrected chi connectivity index (χ3v) is 2.90. The molecule has 2 nitrogen and oxygen atoms in total. The summed E-state index contributed by atoms with van der Waals surface area (Å²) >= 11 is 1.31. The van der Waals surface area contributed by atoms with Crippen molar-refractivity contribution in [3.63, 3.8) is 0 Å². The first kappa shape index (κ1) is 9.52. The Morgan fingerprint density at radius 3 is 2.42 bits per heavy atom. The summed E-state index contributed by atoms with van der Waals surface area (Å²) in [6, 6.07) is 0. The van der Waals surface area contributed by atoms with E-state index in [0.29, 0.717) is 5.92 Å². The van der Waals surface area contributed by atoms with Crippen molar-refractivity contribution >= 4 is 11.5 Å². The van der Waals surface area contributed by atoms with E-state index in [4.69, 9.17) is 0 Å². The van der Waals surface area contributed by atoms with Gasteiger partial charge in [-0.1, -0.05) is 20.8 Å². The van der Waals surface area contributed by atoms with Gasteiger partial charge in [-0.15, -0.1) is 0 Å². The molecule has 1 heterocycles. The number of rotatable bonds is 2. The van der Waals surface area contributed by atoms with Crippen molar-refractivity contribution in [1.82, 2.24) is 3.96 Å². The smallest absolute Gasteiger partial charge is 0.253 e. The highest BCUT2D eigenvalue weighted by molar-refractivity contribution is 7.04. The minimum absolute atomic E-state index is 0.226. The van der Waals surface area contributed by atoms with Gasteiger partial charge in [-0.25, -0.2) is 0 Å². The molecular formula is C9H15NOS. The minimum atomic E-state index is 0.226. The van der Waals surface area contributed by atoms with Crippen molar-refractivity contribution in [3.05, 3.63) is 20.8 Å². The average Bonchev–Trinajstić information content (AvgIpc) is 2.24. The molecule has 0 aliphatic rings. The quantitative estimate of drug-likeness (QED) is 0.692. The SMILES string of the molecule is CCc1c(C(C)C)n(C)sc1=O. The summed E-state index contributed by atoms with van der Waals surface area (Å²) in [5, 5.41) is 0. The van der Waals surface area contributed by atoms with E-state index in [1.807, 2.05) is 17.9 Å². The van der Waals surface area contributed by atoms with E-state index in [0.717, 1.165) is 12.0 Å². The normalized spacial score (nSPS) is 11.1. The number of aromatic nitrogens is 1. The Morgan fingerprint density at radius 2 is 2.08 bits per heavy atom. The number of aryl methyl sites for hydroxylation is 1. The molecule has 0 spiro atoms. The van der Waals surface area contributed by atoms with Crippen molar-refractivity contribution in [3.8, 4) is 0 Å². The maximum Gasteiger partial charge on any atom is 0.253 e. The Bertz CT molecular complexity index is 322. The van der Waals surface area contributed by atoms with Crippen LogP contribution in [-0.2, 0) is 13.5 Å². The Balaban J connectivity index is 3.33. The summed E-state index contributed by atoms with van der Waals surface area (Å²) in [7, 11) is 1.96. The van der Waals surface area contributed by atoms with Crippen LogP contribution in [0.15, 0.2) is 4.79 Å². The van der Waals surface area contributed by atoms with Gasteiger partial charge in [0.05, 0.1) is 0 Å². The van der Waals surface area contributed by atoms with Gasteiger partial charge in [0.1, 0.15) is 0 Å². The van der Waals surface area contributed by atoms with Gasteiger partial charge < -0.3 is 3.96 Å². The number of nitrogens with zero attached hydrogens (tertiary/aromatic N) is 1. The van der Waals surface area contributed by atoms with Crippen molar-refractivity contribution in [2.24, 2.45) is 7.05 Å². The highest BCUT2D eigenvalue weighted by atomic mass is 32.1. The lowest BCUT2D eigenvalue weighted by Crippen LogP contribution is -2.03. The van der Waals surface area contributed by atoms with E-state index in [9.17, 15) is 4.79 Å². The van der Waals surface area contributed by atoms with Crippen LogP contribution in [0.4, 0.5) is 0 Å². The summed E-state index contributed by atoms with van der Waals surface area (Å²) in [5.74, 6) is 0.448. The molecule has 1 aromatic heterocycles. The lowest BCUT2D eigenvalue weighted by Gasteiger charge is -2.07. The lowest BCUT2D eigenvalue weighted by molar-refractivity contribution is 0.755. The van der Waals surface area contributed by atoms with Crippen LogP contribution in [0.1, 0.15) is 37.9 Å². The van der Waals surface area contributed by atoms with Crippen LogP contribution >= 0.6 is 11.5 Å². The first-order valence-electron chi connectivity index (χ1n) is 4.27. The van der Waals surface area contributed by atoms with Crippen LogP contribution in [0.2, 0.25) is 0 Å². The molecule has 0 aliphatic heterocycles. The summed E-state index contributed by atoms with van der Waals surface area (Å²) in [5.41, 5.74) is 2.20. The predicted molar refractivity (Wildman–Crippen MR) is 53.0 cm³/mol. The van der Waals surface area contributed by atoms with E-state index in [2.05, 4.69) is 13.8 Å². The third-order valence-electron chi connectivity index (χ3n) is 2.02. The fourth-order valence-electron chi connectivity index (χ4n) is 1.56. The Labute approximate surface area is 77.0 Å².